The van der Waals surface area contributed by atoms with Crippen LogP contribution in [0.25, 0.3) is 22.2 Å². The summed E-state index contributed by atoms with van der Waals surface area (Å²) < 4.78 is 10.5. The van der Waals surface area contributed by atoms with Crippen LogP contribution in [-0.2, 0) is 4.74 Å². The van der Waals surface area contributed by atoms with E-state index in [0.717, 1.165) is 5.56 Å². The third kappa shape index (κ3) is 4.16. The first-order chi connectivity index (χ1) is 15.1. The Balaban J connectivity index is 1.65. The van der Waals surface area contributed by atoms with Gasteiger partial charge in [-0.05, 0) is 42.8 Å². The molecule has 0 saturated heterocycles. The summed E-state index contributed by atoms with van der Waals surface area (Å²) in [5.41, 5.74) is 3.91. The molecule has 0 spiro atoms. The van der Waals surface area contributed by atoms with Gasteiger partial charge >= 0.3 is 5.97 Å². The first kappa shape index (κ1) is 20.3. The van der Waals surface area contributed by atoms with Crippen LogP contribution in [0, 0.1) is 6.92 Å². The molecule has 4 aromatic rings. The Morgan fingerprint density at radius 1 is 0.871 bits per heavy atom. The smallest absolute Gasteiger partial charge is 0.339 e. The van der Waals surface area contributed by atoms with Crippen LogP contribution in [0.1, 0.15) is 26.3 Å². The highest BCUT2D eigenvalue weighted by Crippen LogP contribution is 2.30. The zero-order valence-corrected chi connectivity index (χ0v) is 17.3. The molecule has 3 aromatic carbocycles. The minimum Gasteiger partial charge on any atom is -0.497 e. The number of hydrogen-bond acceptors (Lipinski definition) is 5. The standard InChI is InChI=1S/C26H21NO4/c1-17-24(26(29)31-16-23(28)18-12-14-20(30-2)15-13-18)21-10-6-7-11-22(21)27-25(17)19-8-4-3-5-9-19/h3-15H,16H2,1-2H3. The van der Waals surface area contributed by atoms with E-state index < -0.39 is 5.97 Å². The van der Waals surface area contributed by atoms with E-state index in [1.165, 1.54) is 0 Å². The highest BCUT2D eigenvalue weighted by molar-refractivity contribution is 6.07. The predicted molar refractivity (Wildman–Crippen MR) is 120 cm³/mol. The Hall–Kier alpha value is -3.99. The molecule has 0 fully saturated rings. The maximum atomic E-state index is 13.1. The number of carbonyl (C=O) groups is 2. The summed E-state index contributed by atoms with van der Waals surface area (Å²) in [6.07, 6.45) is 0. The Labute approximate surface area is 180 Å². The van der Waals surface area contributed by atoms with Gasteiger partial charge in [-0.25, -0.2) is 9.78 Å². The topological polar surface area (TPSA) is 65.5 Å². The number of benzene rings is 3. The predicted octanol–water partition coefficient (Wildman–Crippen LogP) is 5.26. The molecular weight excluding hydrogens is 390 g/mol. The number of rotatable bonds is 6. The number of Topliss-reactive ketones (excluding diaryl/α,β-unsaturated/α-hetero) is 1. The number of esters is 1. The second kappa shape index (κ2) is 8.79. The monoisotopic (exact) mass is 411 g/mol. The molecule has 0 N–H and O–H groups in total. The second-order valence-electron chi connectivity index (χ2n) is 7.07. The molecule has 0 aliphatic heterocycles. The van der Waals surface area contributed by atoms with Gasteiger partial charge in [0.25, 0.3) is 0 Å². The molecule has 0 aliphatic rings. The largest absolute Gasteiger partial charge is 0.497 e. The Bertz CT molecular complexity index is 1250. The number of hydrogen-bond donors (Lipinski definition) is 0. The molecule has 0 amide bonds. The molecule has 1 heterocycles. The van der Waals surface area contributed by atoms with Crippen molar-refractivity contribution < 1.29 is 19.1 Å². The fraction of sp³-hybridized carbons (Fsp3) is 0.115. The molecule has 0 atom stereocenters. The molecule has 0 bridgehead atoms. The highest BCUT2D eigenvalue weighted by Gasteiger charge is 2.21. The second-order valence-corrected chi connectivity index (χ2v) is 7.07. The first-order valence-corrected chi connectivity index (χ1v) is 9.87. The summed E-state index contributed by atoms with van der Waals surface area (Å²) in [6, 6.07) is 23.8. The van der Waals surface area contributed by atoms with Crippen molar-refractivity contribution in [2.24, 2.45) is 0 Å². The minimum atomic E-state index is -0.546. The van der Waals surface area contributed by atoms with Crippen LogP contribution in [0.3, 0.4) is 0 Å². The molecular formula is C26H21NO4. The quantitative estimate of drug-likeness (QED) is 0.320. The average molecular weight is 411 g/mol. The summed E-state index contributed by atoms with van der Waals surface area (Å²) in [5.74, 6) is -0.175. The van der Waals surface area contributed by atoms with E-state index in [0.29, 0.717) is 39.0 Å². The van der Waals surface area contributed by atoms with Gasteiger partial charge in [0.05, 0.1) is 23.9 Å². The molecule has 31 heavy (non-hydrogen) atoms. The van der Waals surface area contributed by atoms with E-state index in [9.17, 15) is 9.59 Å². The molecule has 1 aromatic heterocycles. The third-order valence-electron chi connectivity index (χ3n) is 5.13. The maximum Gasteiger partial charge on any atom is 0.339 e. The van der Waals surface area contributed by atoms with Crippen molar-refractivity contribution in [3.05, 3.63) is 95.6 Å². The van der Waals surface area contributed by atoms with Gasteiger partial charge in [0, 0.05) is 16.5 Å². The van der Waals surface area contributed by atoms with Gasteiger partial charge < -0.3 is 9.47 Å². The van der Waals surface area contributed by atoms with Crippen molar-refractivity contribution in [2.75, 3.05) is 13.7 Å². The van der Waals surface area contributed by atoms with Crippen LogP contribution >= 0.6 is 0 Å². The fourth-order valence-electron chi connectivity index (χ4n) is 3.51. The van der Waals surface area contributed by atoms with Gasteiger partial charge in [0.2, 0.25) is 0 Å². The first-order valence-electron chi connectivity index (χ1n) is 9.87. The number of aromatic nitrogens is 1. The van der Waals surface area contributed by atoms with Crippen molar-refractivity contribution >= 4 is 22.7 Å². The summed E-state index contributed by atoms with van der Waals surface area (Å²) in [4.78, 5) is 30.3. The zero-order valence-electron chi connectivity index (χ0n) is 17.3. The Kier molecular flexibility index (Phi) is 5.76. The Morgan fingerprint density at radius 3 is 2.26 bits per heavy atom. The lowest BCUT2D eigenvalue weighted by molar-refractivity contribution is 0.0476. The number of pyridine rings is 1. The highest BCUT2D eigenvalue weighted by atomic mass is 16.5. The van der Waals surface area contributed by atoms with Gasteiger partial charge in [-0.2, -0.15) is 0 Å². The number of ether oxygens (including phenoxy) is 2. The van der Waals surface area contributed by atoms with Crippen LogP contribution in [0.2, 0.25) is 0 Å². The molecule has 5 heteroatoms. The van der Waals surface area contributed by atoms with Crippen LogP contribution in [0.15, 0.2) is 78.9 Å². The molecule has 0 unspecified atom stereocenters. The summed E-state index contributed by atoms with van der Waals surface area (Å²) in [5, 5.41) is 0.696. The molecule has 4 rings (SSSR count). The van der Waals surface area contributed by atoms with Gasteiger partial charge in [-0.15, -0.1) is 0 Å². The minimum absolute atomic E-state index is 0.282. The van der Waals surface area contributed by atoms with E-state index in [1.54, 1.807) is 31.4 Å². The van der Waals surface area contributed by atoms with Crippen molar-refractivity contribution in [2.45, 2.75) is 6.92 Å². The van der Waals surface area contributed by atoms with E-state index in [4.69, 9.17) is 14.5 Å². The summed E-state index contributed by atoms with van der Waals surface area (Å²) in [7, 11) is 1.56. The molecule has 0 radical (unpaired) electrons. The van der Waals surface area contributed by atoms with Crippen LogP contribution in [0.5, 0.6) is 5.75 Å². The van der Waals surface area contributed by atoms with E-state index in [1.807, 2.05) is 61.5 Å². The van der Waals surface area contributed by atoms with Gasteiger partial charge in [0.1, 0.15) is 5.75 Å². The Morgan fingerprint density at radius 2 is 1.55 bits per heavy atom. The number of para-hydroxylation sites is 1. The summed E-state index contributed by atoms with van der Waals surface area (Å²) >= 11 is 0. The van der Waals surface area contributed by atoms with Crippen molar-refractivity contribution in [3.63, 3.8) is 0 Å². The number of carbonyl (C=O) groups excluding carboxylic acids is 2. The van der Waals surface area contributed by atoms with Crippen LogP contribution in [0.4, 0.5) is 0 Å². The van der Waals surface area contributed by atoms with Crippen LogP contribution in [-0.4, -0.2) is 30.5 Å². The number of methoxy groups -OCH3 is 1. The van der Waals surface area contributed by atoms with Gasteiger partial charge in [-0.1, -0.05) is 48.5 Å². The average Bonchev–Trinajstić information content (AvgIpc) is 2.82. The molecule has 0 saturated carbocycles. The van der Waals surface area contributed by atoms with Crippen molar-refractivity contribution in [1.29, 1.82) is 0 Å². The summed E-state index contributed by atoms with van der Waals surface area (Å²) in [6.45, 7) is 1.51. The van der Waals surface area contributed by atoms with Crippen molar-refractivity contribution in [3.8, 4) is 17.0 Å². The number of nitrogens with zero attached hydrogens (tertiary/aromatic N) is 1. The molecule has 0 aliphatic carbocycles. The molecule has 5 nitrogen and oxygen atoms in total. The van der Waals surface area contributed by atoms with E-state index in [2.05, 4.69) is 0 Å². The number of ketones is 1. The fourth-order valence-corrected chi connectivity index (χ4v) is 3.51. The van der Waals surface area contributed by atoms with Gasteiger partial charge in [0.15, 0.2) is 12.4 Å². The zero-order chi connectivity index (χ0) is 21.8. The molecule has 154 valence electrons. The van der Waals surface area contributed by atoms with Crippen LogP contribution < -0.4 is 4.74 Å². The van der Waals surface area contributed by atoms with Gasteiger partial charge in [-0.3, -0.25) is 4.79 Å². The maximum absolute atomic E-state index is 13.1. The lowest BCUT2D eigenvalue weighted by Gasteiger charge is -2.14. The van der Waals surface area contributed by atoms with E-state index >= 15 is 0 Å². The van der Waals surface area contributed by atoms with Crippen molar-refractivity contribution in [1.82, 2.24) is 4.98 Å². The SMILES string of the molecule is COc1ccc(C(=O)COC(=O)c2c(C)c(-c3ccccc3)nc3ccccc23)cc1. The third-order valence-corrected chi connectivity index (χ3v) is 5.13. The lowest BCUT2D eigenvalue weighted by Crippen LogP contribution is -2.16. The lowest BCUT2D eigenvalue weighted by atomic mass is 9.98. The normalized spacial score (nSPS) is 10.6. The number of fused-ring (bicyclic) bond motifs is 1. The van der Waals surface area contributed by atoms with E-state index in [-0.39, 0.29) is 12.4 Å².